The van der Waals surface area contributed by atoms with Gasteiger partial charge in [0.2, 0.25) is 0 Å². The highest BCUT2D eigenvalue weighted by molar-refractivity contribution is 7.88. The molecule has 1 rings (SSSR count). The fourth-order valence-corrected chi connectivity index (χ4v) is 2.76. The molecule has 1 amide bonds. The number of amides is 1. The Hall–Kier alpha value is -1.60. The number of thiophene rings is 1. The van der Waals surface area contributed by atoms with Gasteiger partial charge in [0, 0.05) is 11.4 Å². The lowest BCUT2D eigenvalue weighted by atomic mass is 10.4. The van der Waals surface area contributed by atoms with E-state index in [1.54, 1.807) is 23.8 Å². The Kier molecular flexibility index (Phi) is 6.47. The Morgan fingerprint density at radius 3 is 2.90 bits per heavy atom. The van der Waals surface area contributed by atoms with Crippen molar-refractivity contribution in [3.8, 4) is 11.8 Å². The third-order valence-electron chi connectivity index (χ3n) is 1.90. The monoisotopic (exact) mass is 317 g/mol. The quantitative estimate of drug-likeness (QED) is 0.669. The van der Waals surface area contributed by atoms with Crippen LogP contribution in [-0.4, -0.2) is 27.7 Å². The van der Waals surface area contributed by atoms with Gasteiger partial charge in [-0.05, 0) is 19.1 Å². The molecule has 0 spiro atoms. The van der Waals surface area contributed by atoms with Gasteiger partial charge in [-0.25, -0.2) is 9.52 Å². The maximum absolute atomic E-state index is 11.5. The lowest BCUT2D eigenvalue weighted by Crippen LogP contribution is -2.40. The highest BCUT2D eigenvalue weighted by Gasteiger charge is 2.14. The number of ether oxygens (including phenoxy) is 1. The minimum absolute atomic E-state index is 0.0592. The fraction of sp³-hybridized carbons (Fsp3) is 0.364. The summed E-state index contributed by atoms with van der Waals surface area (Å²) in [4.78, 5) is 12.6. The van der Waals surface area contributed by atoms with E-state index in [1.165, 1.54) is 11.3 Å². The van der Waals surface area contributed by atoms with Crippen LogP contribution in [0.1, 0.15) is 16.7 Å². The average molecular weight is 317 g/mol. The number of carbonyl (C=O) groups is 1. The van der Waals surface area contributed by atoms with Gasteiger partial charge >= 0.3 is 16.3 Å². The van der Waals surface area contributed by atoms with Gasteiger partial charge in [0.05, 0.1) is 18.0 Å². The van der Waals surface area contributed by atoms with Gasteiger partial charge < -0.3 is 10.5 Å². The van der Waals surface area contributed by atoms with Crippen LogP contribution >= 0.6 is 11.3 Å². The van der Waals surface area contributed by atoms with Crippen molar-refractivity contribution in [1.82, 2.24) is 9.44 Å². The molecular formula is C11H15N3O4S2. The van der Waals surface area contributed by atoms with Crippen molar-refractivity contribution in [1.29, 1.82) is 0 Å². The second-order valence-electron chi connectivity index (χ2n) is 3.42. The van der Waals surface area contributed by atoms with Crippen LogP contribution in [0.2, 0.25) is 0 Å². The van der Waals surface area contributed by atoms with E-state index in [4.69, 9.17) is 5.73 Å². The van der Waals surface area contributed by atoms with Crippen LogP contribution in [0.3, 0.4) is 0 Å². The number of nitrogens with two attached hydrogens (primary N) is 1. The van der Waals surface area contributed by atoms with Crippen molar-refractivity contribution in [3.63, 3.8) is 0 Å². The number of carbonyl (C=O) groups excluding carboxylic acids is 1. The normalized spacial score (nSPS) is 10.5. The Labute approximate surface area is 121 Å². The maximum atomic E-state index is 11.5. The topological polar surface area (TPSA) is 111 Å². The first-order valence-electron chi connectivity index (χ1n) is 5.68. The minimum atomic E-state index is -3.93. The summed E-state index contributed by atoms with van der Waals surface area (Å²) in [5, 5.41) is 0. The van der Waals surface area contributed by atoms with Crippen molar-refractivity contribution in [2.24, 2.45) is 5.73 Å². The Bertz CT molecular complexity index is 613. The van der Waals surface area contributed by atoms with Gasteiger partial charge in [0.25, 0.3) is 0 Å². The van der Waals surface area contributed by atoms with Crippen LogP contribution in [0.4, 0.5) is 4.79 Å². The molecule has 7 nitrogen and oxygen atoms in total. The van der Waals surface area contributed by atoms with Gasteiger partial charge in [-0.3, -0.25) is 0 Å². The average Bonchev–Trinajstić information content (AvgIpc) is 2.81. The van der Waals surface area contributed by atoms with Gasteiger partial charge in [-0.15, -0.1) is 11.3 Å². The summed E-state index contributed by atoms with van der Waals surface area (Å²) in [7, 11) is -3.93. The van der Waals surface area contributed by atoms with Crippen molar-refractivity contribution in [2.45, 2.75) is 13.5 Å². The summed E-state index contributed by atoms with van der Waals surface area (Å²) in [6.45, 7) is 2.00. The summed E-state index contributed by atoms with van der Waals surface area (Å²) in [6.07, 6.45) is -1.01. The molecule has 1 aromatic heterocycles. The second kappa shape index (κ2) is 7.86. The highest BCUT2D eigenvalue weighted by Crippen LogP contribution is 2.15. The predicted octanol–water partition coefficient (Wildman–Crippen LogP) is 0.139. The largest absolute Gasteiger partial charge is 0.449 e. The standard InChI is InChI=1S/C11H15N3O4S2/c1-2-18-11(15)14-20(16,17)13-8-10-6-5-9(19-10)4-3-7-12/h5-6,13H,2,7-8,12H2,1H3,(H,14,15). The summed E-state index contributed by atoms with van der Waals surface area (Å²) in [5.74, 6) is 5.55. The fourth-order valence-electron chi connectivity index (χ4n) is 1.15. The van der Waals surface area contributed by atoms with E-state index in [1.807, 2.05) is 0 Å². The molecule has 0 bridgehead atoms. The Morgan fingerprint density at radius 2 is 2.25 bits per heavy atom. The molecule has 0 radical (unpaired) electrons. The molecule has 0 aliphatic rings. The molecule has 4 N–H and O–H groups in total. The van der Waals surface area contributed by atoms with Crippen molar-refractivity contribution >= 4 is 27.6 Å². The Balaban J connectivity index is 2.53. The van der Waals surface area contributed by atoms with Crippen LogP contribution in [0, 0.1) is 11.8 Å². The zero-order valence-corrected chi connectivity index (χ0v) is 12.4. The third-order valence-corrected chi connectivity index (χ3v) is 3.87. The lowest BCUT2D eigenvalue weighted by molar-refractivity contribution is 0.158. The summed E-state index contributed by atoms with van der Waals surface area (Å²) < 4.78 is 31.5. The molecular weight excluding hydrogens is 302 g/mol. The van der Waals surface area contributed by atoms with Crippen LogP contribution < -0.4 is 15.2 Å². The number of hydrogen-bond acceptors (Lipinski definition) is 6. The van der Waals surface area contributed by atoms with Gasteiger partial charge in [0.1, 0.15) is 0 Å². The van der Waals surface area contributed by atoms with E-state index in [2.05, 4.69) is 21.3 Å². The van der Waals surface area contributed by atoms with Crippen molar-refractivity contribution < 1.29 is 17.9 Å². The zero-order valence-electron chi connectivity index (χ0n) is 10.8. The molecule has 0 fully saturated rings. The third kappa shape index (κ3) is 6.03. The molecule has 20 heavy (non-hydrogen) atoms. The maximum Gasteiger partial charge on any atom is 0.421 e. The van der Waals surface area contributed by atoms with E-state index in [0.717, 1.165) is 9.75 Å². The van der Waals surface area contributed by atoms with Crippen LogP contribution in [-0.2, 0) is 21.5 Å². The summed E-state index contributed by atoms with van der Waals surface area (Å²) in [6, 6.07) is 3.52. The molecule has 9 heteroatoms. The minimum Gasteiger partial charge on any atom is -0.449 e. The highest BCUT2D eigenvalue weighted by atomic mass is 32.2. The van der Waals surface area contributed by atoms with Gasteiger partial charge in [-0.2, -0.15) is 13.1 Å². The molecule has 0 unspecified atom stereocenters. The molecule has 1 aromatic rings. The second-order valence-corrected chi connectivity index (χ2v) is 6.09. The van der Waals surface area contributed by atoms with E-state index in [9.17, 15) is 13.2 Å². The molecule has 110 valence electrons. The molecule has 0 saturated carbocycles. The SMILES string of the molecule is CCOC(=O)NS(=O)(=O)NCc1ccc(C#CCN)s1. The molecule has 0 saturated heterocycles. The molecule has 0 atom stereocenters. The van der Waals surface area contributed by atoms with Gasteiger partial charge in [-0.1, -0.05) is 11.8 Å². The van der Waals surface area contributed by atoms with Crippen molar-refractivity contribution in [3.05, 3.63) is 21.9 Å². The predicted molar refractivity (Wildman–Crippen MR) is 76.2 cm³/mol. The molecule has 1 heterocycles. The smallest absolute Gasteiger partial charge is 0.421 e. The number of nitrogens with one attached hydrogen (secondary N) is 2. The van der Waals surface area contributed by atoms with Crippen LogP contribution in [0.25, 0.3) is 0 Å². The zero-order chi connectivity index (χ0) is 15.0. The lowest BCUT2D eigenvalue weighted by Gasteiger charge is -2.06. The first-order valence-corrected chi connectivity index (χ1v) is 7.98. The van der Waals surface area contributed by atoms with Crippen LogP contribution in [0.5, 0.6) is 0 Å². The molecule has 0 aliphatic carbocycles. The van der Waals surface area contributed by atoms with E-state index in [0.29, 0.717) is 0 Å². The summed E-state index contributed by atoms with van der Waals surface area (Å²) in [5.41, 5.74) is 5.26. The van der Waals surface area contributed by atoms with E-state index in [-0.39, 0.29) is 19.7 Å². The molecule has 0 aliphatic heterocycles. The van der Waals surface area contributed by atoms with Crippen molar-refractivity contribution in [2.75, 3.05) is 13.2 Å². The van der Waals surface area contributed by atoms with E-state index >= 15 is 0 Å². The number of hydrogen-bond donors (Lipinski definition) is 3. The van der Waals surface area contributed by atoms with Gasteiger partial charge in [0.15, 0.2) is 0 Å². The number of rotatable bonds is 5. The summed E-state index contributed by atoms with van der Waals surface area (Å²) >= 11 is 1.34. The van der Waals surface area contributed by atoms with Crippen LogP contribution in [0.15, 0.2) is 12.1 Å². The first kappa shape index (κ1) is 16.5. The first-order chi connectivity index (χ1) is 9.46. The molecule has 0 aromatic carbocycles. The van der Waals surface area contributed by atoms with E-state index < -0.39 is 16.3 Å². The Morgan fingerprint density at radius 1 is 1.50 bits per heavy atom.